The van der Waals surface area contributed by atoms with Gasteiger partial charge in [0.05, 0.1) is 22.8 Å². The van der Waals surface area contributed by atoms with E-state index in [9.17, 15) is 14.7 Å². The molecule has 0 radical (unpaired) electrons. The molecule has 1 N–H and O–H groups in total. The van der Waals surface area contributed by atoms with Crippen LogP contribution in [-0.4, -0.2) is 49.2 Å². The van der Waals surface area contributed by atoms with E-state index in [0.717, 1.165) is 11.1 Å². The number of aryl methyl sites for hydroxylation is 1. The Kier molecular flexibility index (Phi) is 4.82. The van der Waals surface area contributed by atoms with Gasteiger partial charge in [-0.2, -0.15) is 5.10 Å². The van der Waals surface area contributed by atoms with Gasteiger partial charge in [-0.3, -0.25) is 4.79 Å². The SMILES string of the molecule is Cc1ccc(-c2cc(C(=O)N3CCC[C@@H]3C(=O)O)c3cnn(C(C)C)c3n2)cc1. The van der Waals surface area contributed by atoms with Crippen molar-refractivity contribution in [3.05, 3.63) is 47.7 Å². The highest BCUT2D eigenvalue weighted by Crippen LogP contribution is 2.29. The average molecular weight is 392 g/mol. The molecule has 0 saturated carbocycles. The summed E-state index contributed by atoms with van der Waals surface area (Å²) in [5, 5.41) is 14.6. The zero-order valence-electron chi connectivity index (χ0n) is 16.8. The molecule has 1 aliphatic rings. The fourth-order valence-electron chi connectivity index (χ4n) is 3.87. The van der Waals surface area contributed by atoms with Gasteiger partial charge in [0.15, 0.2) is 5.65 Å². The second-order valence-electron chi connectivity index (χ2n) is 7.84. The van der Waals surface area contributed by atoms with Gasteiger partial charge < -0.3 is 10.0 Å². The Balaban J connectivity index is 1.89. The summed E-state index contributed by atoms with van der Waals surface area (Å²) < 4.78 is 1.79. The van der Waals surface area contributed by atoms with Crippen LogP contribution >= 0.6 is 0 Å². The number of rotatable bonds is 4. The monoisotopic (exact) mass is 392 g/mol. The second kappa shape index (κ2) is 7.31. The van der Waals surface area contributed by atoms with Crippen LogP contribution in [0.1, 0.15) is 48.7 Å². The number of carbonyl (C=O) groups is 2. The lowest BCUT2D eigenvalue weighted by atomic mass is 10.0. The molecule has 0 spiro atoms. The smallest absolute Gasteiger partial charge is 0.326 e. The van der Waals surface area contributed by atoms with Gasteiger partial charge in [-0.15, -0.1) is 0 Å². The number of carbonyl (C=O) groups excluding carboxylic acids is 1. The minimum atomic E-state index is -0.960. The second-order valence-corrected chi connectivity index (χ2v) is 7.84. The lowest BCUT2D eigenvalue weighted by Gasteiger charge is -2.22. The van der Waals surface area contributed by atoms with Crippen LogP contribution in [-0.2, 0) is 4.79 Å². The summed E-state index contributed by atoms with van der Waals surface area (Å²) in [6, 6.07) is 9.02. The van der Waals surface area contributed by atoms with Gasteiger partial charge in [-0.1, -0.05) is 29.8 Å². The van der Waals surface area contributed by atoms with E-state index in [0.29, 0.717) is 41.7 Å². The van der Waals surface area contributed by atoms with Gasteiger partial charge in [-0.25, -0.2) is 14.5 Å². The van der Waals surface area contributed by atoms with Gasteiger partial charge in [-0.05, 0) is 39.7 Å². The third-order valence-electron chi connectivity index (χ3n) is 5.43. The van der Waals surface area contributed by atoms with Crippen molar-refractivity contribution in [1.29, 1.82) is 0 Å². The topological polar surface area (TPSA) is 88.3 Å². The van der Waals surface area contributed by atoms with Gasteiger partial charge in [0, 0.05) is 18.2 Å². The number of carboxylic acid groups (broad SMARTS) is 1. The molecular formula is C22H24N4O3. The molecule has 3 heterocycles. The van der Waals surface area contributed by atoms with Crippen molar-refractivity contribution in [2.24, 2.45) is 0 Å². The van der Waals surface area contributed by atoms with Crippen molar-refractivity contribution in [2.75, 3.05) is 6.54 Å². The predicted octanol–water partition coefficient (Wildman–Crippen LogP) is 3.68. The first-order chi connectivity index (χ1) is 13.9. The maximum Gasteiger partial charge on any atom is 0.326 e. The summed E-state index contributed by atoms with van der Waals surface area (Å²) in [5.74, 6) is -1.24. The summed E-state index contributed by atoms with van der Waals surface area (Å²) in [7, 11) is 0. The first-order valence-corrected chi connectivity index (χ1v) is 9.86. The molecule has 1 amide bonds. The van der Waals surface area contributed by atoms with Crippen LogP contribution in [0.3, 0.4) is 0 Å². The molecule has 0 unspecified atom stereocenters. The molecule has 1 fully saturated rings. The first kappa shape index (κ1) is 19.1. The van der Waals surface area contributed by atoms with Gasteiger partial charge in [0.2, 0.25) is 0 Å². The number of hydrogen-bond acceptors (Lipinski definition) is 4. The Morgan fingerprint density at radius 2 is 1.93 bits per heavy atom. The first-order valence-electron chi connectivity index (χ1n) is 9.86. The zero-order chi connectivity index (χ0) is 20.7. The van der Waals surface area contributed by atoms with E-state index in [2.05, 4.69) is 5.10 Å². The molecule has 29 heavy (non-hydrogen) atoms. The number of carboxylic acids is 1. The highest BCUT2D eigenvalue weighted by Gasteiger charge is 2.35. The molecule has 1 saturated heterocycles. The van der Waals surface area contributed by atoms with Crippen molar-refractivity contribution < 1.29 is 14.7 Å². The fourth-order valence-corrected chi connectivity index (χ4v) is 3.87. The summed E-state index contributed by atoms with van der Waals surface area (Å²) in [5.41, 5.74) is 3.80. The van der Waals surface area contributed by atoms with Crippen LogP contribution in [0.5, 0.6) is 0 Å². The van der Waals surface area contributed by atoms with Crippen LogP contribution in [0, 0.1) is 6.92 Å². The Labute approximate surface area is 169 Å². The van der Waals surface area contributed by atoms with E-state index in [1.165, 1.54) is 4.90 Å². The van der Waals surface area contributed by atoms with Crippen molar-refractivity contribution in [3.63, 3.8) is 0 Å². The molecular weight excluding hydrogens is 368 g/mol. The molecule has 150 valence electrons. The molecule has 1 atom stereocenters. The molecule has 1 aliphatic heterocycles. The number of hydrogen-bond donors (Lipinski definition) is 1. The van der Waals surface area contributed by atoms with E-state index in [4.69, 9.17) is 4.98 Å². The van der Waals surface area contributed by atoms with Crippen LogP contribution in [0.2, 0.25) is 0 Å². The summed E-state index contributed by atoms with van der Waals surface area (Å²) >= 11 is 0. The van der Waals surface area contributed by atoms with Crippen molar-refractivity contribution >= 4 is 22.9 Å². The van der Waals surface area contributed by atoms with E-state index in [1.807, 2.05) is 45.0 Å². The number of fused-ring (bicyclic) bond motifs is 1. The van der Waals surface area contributed by atoms with Crippen molar-refractivity contribution in [1.82, 2.24) is 19.7 Å². The summed E-state index contributed by atoms with van der Waals surface area (Å²) in [6.07, 6.45) is 2.82. The van der Waals surface area contributed by atoms with Crippen molar-refractivity contribution in [3.8, 4) is 11.3 Å². The predicted molar refractivity (Wildman–Crippen MR) is 110 cm³/mol. The number of amides is 1. The molecule has 0 bridgehead atoms. The van der Waals surface area contributed by atoms with E-state index in [1.54, 1.807) is 16.9 Å². The molecule has 4 rings (SSSR count). The van der Waals surface area contributed by atoms with Crippen LogP contribution in [0.4, 0.5) is 0 Å². The molecule has 3 aromatic rings. The molecule has 7 nitrogen and oxygen atoms in total. The maximum absolute atomic E-state index is 13.4. The standard InChI is InChI=1S/C22H24N4O3/c1-13(2)26-20-17(12-23-26)16(21(27)25-10-4-5-19(25)22(28)29)11-18(24-20)15-8-6-14(3)7-9-15/h6-9,11-13,19H,4-5,10H2,1-3H3,(H,28,29)/t19-/m1/s1. The molecule has 1 aromatic carbocycles. The number of nitrogens with zero attached hydrogens (tertiary/aromatic N) is 4. The summed E-state index contributed by atoms with van der Waals surface area (Å²) in [4.78, 5) is 31.2. The maximum atomic E-state index is 13.4. The van der Waals surface area contributed by atoms with E-state index < -0.39 is 12.0 Å². The Bertz CT molecular complexity index is 1090. The minimum absolute atomic E-state index is 0.0785. The quantitative estimate of drug-likeness (QED) is 0.732. The lowest BCUT2D eigenvalue weighted by Crippen LogP contribution is -2.40. The number of aromatic nitrogens is 3. The minimum Gasteiger partial charge on any atom is -0.480 e. The molecule has 2 aromatic heterocycles. The van der Waals surface area contributed by atoms with E-state index >= 15 is 0 Å². The van der Waals surface area contributed by atoms with Crippen LogP contribution in [0.15, 0.2) is 36.5 Å². The normalized spacial score (nSPS) is 16.7. The van der Waals surface area contributed by atoms with Crippen LogP contribution in [0.25, 0.3) is 22.3 Å². The number of benzene rings is 1. The number of aliphatic carboxylic acids is 1. The highest BCUT2D eigenvalue weighted by molar-refractivity contribution is 6.07. The fraction of sp³-hybridized carbons (Fsp3) is 0.364. The van der Waals surface area contributed by atoms with Crippen molar-refractivity contribution in [2.45, 2.75) is 45.7 Å². The molecule has 0 aliphatic carbocycles. The third-order valence-corrected chi connectivity index (χ3v) is 5.43. The average Bonchev–Trinajstić information content (AvgIpc) is 3.34. The highest BCUT2D eigenvalue weighted by atomic mass is 16.4. The summed E-state index contributed by atoms with van der Waals surface area (Å²) in [6.45, 7) is 6.48. The third kappa shape index (κ3) is 3.37. The Hall–Kier alpha value is -3.22. The number of likely N-dealkylation sites (tertiary alicyclic amines) is 1. The Morgan fingerprint density at radius 1 is 1.21 bits per heavy atom. The zero-order valence-corrected chi connectivity index (χ0v) is 16.8. The van der Waals surface area contributed by atoms with Gasteiger partial charge in [0.1, 0.15) is 6.04 Å². The Morgan fingerprint density at radius 3 is 2.59 bits per heavy atom. The van der Waals surface area contributed by atoms with Gasteiger partial charge >= 0.3 is 5.97 Å². The van der Waals surface area contributed by atoms with E-state index in [-0.39, 0.29) is 11.9 Å². The largest absolute Gasteiger partial charge is 0.480 e. The van der Waals surface area contributed by atoms with Gasteiger partial charge in [0.25, 0.3) is 5.91 Å². The van der Waals surface area contributed by atoms with Crippen LogP contribution < -0.4 is 0 Å². The number of pyridine rings is 1. The lowest BCUT2D eigenvalue weighted by molar-refractivity contribution is -0.141. The molecule has 7 heteroatoms.